The second-order valence-electron chi connectivity index (χ2n) is 7.41. The van der Waals surface area contributed by atoms with E-state index >= 15 is 0 Å². The Bertz CT molecular complexity index is 1340. The normalized spacial score (nSPS) is 18.8. The molecular weight excluding hydrogens is 402 g/mol. The quantitative estimate of drug-likeness (QED) is 0.511. The molecule has 0 unspecified atom stereocenters. The highest BCUT2D eigenvalue weighted by atomic mass is 16.5. The summed E-state index contributed by atoms with van der Waals surface area (Å²) >= 11 is 0. The van der Waals surface area contributed by atoms with Gasteiger partial charge in [-0.25, -0.2) is 9.78 Å². The van der Waals surface area contributed by atoms with Crippen molar-refractivity contribution in [3.05, 3.63) is 60.5 Å². The molecule has 5 rings (SSSR count). The molecule has 0 radical (unpaired) electrons. The first-order valence-corrected chi connectivity index (χ1v) is 9.50. The summed E-state index contributed by atoms with van der Waals surface area (Å²) in [5.74, 6) is -1.61. The number of carboxylic acid groups (broad SMARTS) is 1. The van der Waals surface area contributed by atoms with Crippen molar-refractivity contribution < 1.29 is 24.3 Å². The van der Waals surface area contributed by atoms with Crippen LogP contribution in [0.2, 0.25) is 0 Å². The third-order valence-corrected chi connectivity index (χ3v) is 5.50. The Balaban J connectivity index is 1.56. The van der Waals surface area contributed by atoms with Gasteiger partial charge in [-0.1, -0.05) is 23.4 Å². The molecule has 0 saturated carbocycles. The molecule has 1 amide bonds. The van der Waals surface area contributed by atoms with Gasteiger partial charge in [0, 0.05) is 49.6 Å². The van der Waals surface area contributed by atoms with Crippen LogP contribution in [0.1, 0.15) is 22.8 Å². The molecule has 10 nitrogen and oxygen atoms in total. The van der Waals surface area contributed by atoms with Crippen molar-refractivity contribution in [3.8, 4) is 22.5 Å². The van der Waals surface area contributed by atoms with E-state index in [-0.39, 0.29) is 18.0 Å². The first-order valence-electron chi connectivity index (χ1n) is 9.50. The van der Waals surface area contributed by atoms with E-state index in [0.29, 0.717) is 34.6 Å². The molecule has 0 spiro atoms. The van der Waals surface area contributed by atoms with E-state index < -0.39 is 17.5 Å². The van der Waals surface area contributed by atoms with Crippen LogP contribution in [0.4, 0.5) is 0 Å². The summed E-state index contributed by atoms with van der Waals surface area (Å²) in [6.07, 6.45) is 4.81. The Labute approximate surface area is 175 Å². The standard InChI is InChI=1S/C21H17N5O5/c1-25-7-5-21(30,20(25)29)16-10-14(24-31-16)12-3-2-4-13(9-12)17-15-11-22-6-8-26(15)18(23-17)19(27)28/h2-4,6,8-11,30H,5,7H2,1H3,(H,27,28)/t21-/m1/s1. The number of amides is 1. The van der Waals surface area contributed by atoms with Gasteiger partial charge in [-0.15, -0.1) is 0 Å². The molecule has 1 aromatic carbocycles. The average molecular weight is 419 g/mol. The summed E-state index contributed by atoms with van der Waals surface area (Å²) in [5.41, 5.74) is 1.05. The zero-order chi connectivity index (χ0) is 21.8. The Morgan fingerprint density at radius 2 is 2.06 bits per heavy atom. The van der Waals surface area contributed by atoms with E-state index in [0.717, 1.165) is 0 Å². The number of carbonyl (C=O) groups excluding carboxylic acids is 1. The summed E-state index contributed by atoms with van der Waals surface area (Å²) in [6.45, 7) is 0.425. The zero-order valence-corrected chi connectivity index (χ0v) is 16.4. The number of likely N-dealkylation sites (N-methyl/N-ethyl adjacent to an activating group) is 1. The lowest BCUT2D eigenvalue weighted by Gasteiger charge is -2.16. The maximum Gasteiger partial charge on any atom is 0.372 e. The van der Waals surface area contributed by atoms with Crippen molar-refractivity contribution in [3.63, 3.8) is 0 Å². The van der Waals surface area contributed by atoms with Crippen molar-refractivity contribution in [2.75, 3.05) is 13.6 Å². The van der Waals surface area contributed by atoms with Gasteiger partial charge < -0.3 is 19.6 Å². The van der Waals surface area contributed by atoms with E-state index in [4.69, 9.17) is 4.52 Å². The van der Waals surface area contributed by atoms with Crippen molar-refractivity contribution in [1.82, 2.24) is 24.4 Å². The van der Waals surface area contributed by atoms with Gasteiger partial charge in [0.1, 0.15) is 5.69 Å². The molecule has 1 aliphatic rings. The summed E-state index contributed by atoms with van der Waals surface area (Å²) in [4.78, 5) is 33.7. The van der Waals surface area contributed by atoms with Gasteiger partial charge >= 0.3 is 5.97 Å². The maximum atomic E-state index is 12.3. The van der Waals surface area contributed by atoms with Gasteiger partial charge in [0.15, 0.2) is 5.76 Å². The van der Waals surface area contributed by atoms with E-state index in [1.54, 1.807) is 49.8 Å². The summed E-state index contributed by atoms with van der Waals surface area (Å²) in [7, 11) is 1.62. The lowest BCUT2D eigenvalue weighted by molar-refractivity contribution is -0.144. The topological polar surface area (TPSA) is 134 Å². The number of nitrogens with zero attached hydrogens (tertiary/aromatic N) is 5. The van der Waals surface area contributed by atoms with Crippen LogP contribution in [0.15, 0.2) is 53.4 Å². The highest BCUT2D eigenvalue weighted by molar-refractivity contribution is 5.90. The molecule has 1 fully saturated rings. The third kappa shape index (κ3) is 2.88. The number of likely N-dealkylation sites (tertiary alicyclic amines) is 1. The predicted octanol–water partition coefficient (Wildman–Crippen LogP) is 1.80. The van der Waals surface area contributed by atoms with Crippen LogP contribution in [0, 0.1) is 0 Å². The summed E-state index contributed by atoms with van der Waals surface area (Å²) in [6, 6.07) is 8.71. The predicted molar refractivity (Wildman–Crippen MR) is 107 cm³/mol. The number of imidazole rings is 1. The molecule has 4 heterocycles. The molecule has 156 valence electrons. The molecule has 4 aromatic rings. The Kier molecular flexibility index (Phi) is 4.12. The zero-order valence-electron chi connectivity index (χ0n) is 16.4. The number of benzene rings is 1. The minimum absolute atomic E-state index is 0.0899. The lowest BCUT2D eigenvalue weighted by atomic mass is 9.97. The summed E-state index contributed by atoms with van der Waals surface area (Å²) < 4.78 is 6.78. The van der Waals surface area contributed by atoms with Gasteiger partial charge in [-0.2, -0.15) is 0 Å². The molecule has 1 atom stereocenters. The Hall–Kier alpha value is -4.05. The van der Waals surface area contributed by atoms with E-state index in [9.17, 15) is 19.8 Å². The largest absolute Gasteiger partial charge is 0.475 e. The maximum absolute atomic E-state index is 12.3. The number of hydrogen-bond donors (Lipinski definition) is 2. The van der Waals surface area contributed by atoms with Crippen LogP contribution in [0.3, 0.4) is 0 Å². The number of rotatable bonds is 4. The van der Waals surface area contributed by atoms with Crippen LogP contribution in [0.5, 0.6) is 0 Å². The molecule has 31 heavy (non-hydrogen) atoms. The number of hydrogen-bond acceptors (Lipinski definition) is 7. The van der Waals surface area contributed by atoms with Crippen LogP contribution < -0.4 is 0 Å². The lowest BCUT2D eigenvalue weighted by Crippen LogP contribution is -2.35. The van der Waals surface area contributed by atoms with Gasteiger partial charge in [0.05, 0.1) is 17.4 Å². The number of fused-ring (bicyclic) bond motifs is 1. The molecule has 10 heteroatoms. The minimum atomic E-state index is -1.72. The minimum Gasteiger partial charge on any atom is -0.475 e. The van der Waals surface area contributed by atoms with E-state index in [2.05, 4.69) is 15.1 Å². The average Bonchev–Trinajstić information content (AvgIpc) is 3.48. The fourth-order valence-electron chi connectivity index (χ4n) is 3.82. The van der Waals surface area contributed by atoms with Gasteiger partial charge in [0.2, 0.25) is 11.4 Å². The summed E-state index contributed by atoms with van der Waals surface area (Å²) in [5, 5.41) is 24.3. The number of aromatic carboxylic acids is 1. The number of aromatic nitrogens is 4. The van der Waals surface area contributed by atoms with Gasteiger partial charge in [-0.3, -0.25) is 14.2 Å². The number of carboxylic acids is 1. The van der Waals surface area contributed by atoms with Crippen molar-refractivity contribution in [1.29, 1.82) is 0 Å². The highest BCUT2D eigenvalue weighted by Gasteiger charge is 2.48. The molecule has 3 aromatic heterocycles. The highest BCUT2D eigenvalue weighted by Crippen LogP contribution is 2.35. The van der Waals surface area contributed by atoms with Gasteiger partial charge in [0.25, 0.3) is 5.91 Å². The van der Waals surface area contributed by atoms with Crippen LogP contribution in [-0.2, 0) is 10.4 Å². The smallest absolute Gasteiger partial charge is 0.372 e. The first-order chi connectivity index (χ1) is 14.9. The van der Waals surface area contributed by atoms with Crippen molar-refractivity contribution >= 4 is 17.4 Å². The Morgan fingerprint density at radius 3 is 2.81 bits per heavy atom. The van der Waals surface area contributed by atoms with Crippen LogP contribution >= 0.6 is 0 Å². The van der Waals surface area contributed by atoms with Crippen LogP contribution in [-0.4, -0.2) is 60.1 Å². The fraction of sp³-hybridized carbons (Fsp3) is 0.190. The van der Waals surface area contributed by atoms with Gasteiger partial charge in [-0.05, 0) is 6.07 Å². The SMILES string of the molecule is CN1CC[C@@](O)(c2cc(-c3cccc(-c4nc(C(=O)O)n5ccncc45)c3)no2)C1=O. The van der Waals surface area contributed by atoms with Crippen molar-refractivity contribution in [2.24, 2.45) is 0 Å². The molecule has 2 N–H and O–H groups in total. The number of aliphatic hydroxyl groups is 1. The molecule has 0 aliphatic carbocycles. The molecule has 0 bridgehead atoms. The number of carbonyl (C=O) groups is 2. The second kappa shape index (κ2) is 6.74. The van der Waals surface area contributed by atoms with E-state index in [1.807, 2.05) is 0 Å². The molecule has 1 saturated heterocycles. The third-order valence-electron chi connectivity index (χ3n) is 5.50. The van der Waals surface area contributed by atoms with Crippen LogP contribution in [0.25, 0.3) is 28.0 Å². The second-order valence-corrected chi connectivity index (χ2v) is 7.41. The molecule has 1 aliphatic heterocycles. The molecular formula is C21H17N5O5. The van der Waals surface area contributed by atoms with E-state index in [1.165, 1.54) is 15.5 Å². The Morgan fingerprint density at radius 1 is 1.26 bits per heavy atom. The first kappa shape index (κ1) is 18.9. The monoisotopic (exact) mass is 419 g/mol. The fourth-order valence-corrected chi connectivity index (χ4v) is 3.82. The van der Waals surface area contributed by atoms with Crippen molar-refractivity contribution in [2.45, 2.75) is 12.0 Å².